The van der Waals surface area contributed by atoms with E-state index in [1.54, 1.807) is 0 Å². The van der Waals surface area contributed by atoms with E-state index in [-0.39, 0.29) is 24.7 Å². The molecule has 1 saturated heterocycles. The van der Waals surface area contributed by atoms with Crippen LogP contribution >= 0.6 is 0 Å². The van der Waals surface area contributed by atoms with Gasteiger partial charge < -0.3 is 15.2 Å². The molecule has 0 bridgehead atoms. The lowest BCUT2D eigenvalue weighted by Gasteiger charge is -2.21. The minimum Gasteiger partial charge on any atom is -0.394 e. The minimum absolute atomic E-state index is 0.0473. The third-order valence-electron chi connectivity index (χ3n) is 2.12. The van der Waals surface area contributed by atoms with Crippen LogP contribution in [0.15, 0.2) is 12.7 Å². The molecule has 1 aliphatic heterocycles. The van der Waals surface area contributed by atoms with Crippen molar-refractivity contribution in [1.82, 2.24) is 5.32 Å². The van der Waals surface area contributed by atoms with Crippen molar-refractivity contribution in [3.63, 3.8) is 0 Å². The van der Waals surface area contributed by atoms with Gasteiger partial charge in [-0.3, -0.25) is 4.79 Å². The molecule has 1 amide bonds. The average Bonchev–Trinajstić information content (AvgIpc) is 2.66. The Morgan fingerprint density at radius 2 is 2.62 bits per heavy atom. The summed E-state index contributed by atoms with van der Waals surface area (Å²) in [5.74, 6) is -0.269. The molecule has 13 heavy (non-hydrogen) atoms. The first-order chi connectivity index (χ1) is 6.27. The second kappa shape index (κ2) is 4.99. The highest BCUT2D eigenvalue weighted by molar-refractivity contribution is 5.87. The number of amides is 1. The monoisotopic (exact) mass is 185 g/mol. The molecule has 2 N–H and O–H groups in total. The molecular weight excluding hydrogens is 170 g/mol. The molecule has 0 unspecified atom stereocenters. The highest BCUT2D eigenvalue weighted by Crippen LogP contribution is 2.15. The number of ether oxygens (including phenoxy) is 1. The molecule has 74 valence electrons. The maximum Gasteiger partial charge on any atom is 0.243 e. The number of aliphatic hydroxyl groups is 1. The predicted molar refractivity (Wildman–Crippen MR) is 48.2 cm³/mol. The number of hydrogen-bond donors (Lipinski definition) is 2. The lowest BCUT2D eigenvalue weighted by atomic mass is 10.1. The largest absolute Gasteiger partial charge is 0.394 e. The molecular formula is C9H15NO3. The summed E-state index contributed by atoms with van der Waals surface area (Å²) in [5, 5.41) is 11.6. The van der Waals surface area contributed by atoms with Crippen LogP contribution in [-0.2, 0) is 9.53 Å². The molecule has 0 saturated carbocycles. The first kappa shape index (κ1) is 10.2. The summed E-state index contributed by atoms with van der Waals surface area (Å²) in [4.78, 5) is 10.9. The highest BCUT2D eigenvalue weighted by atomic mass is 16.5. The van der Waals surface area contributed by atoms with Crippen LogP contribution in [0.1, 0.15) is 12.8 Å². The van der Waals surface area contributed by atoms with E-state index in [4.69, 9.17) is 9.84 Å². The molecule has 0 radical (unpaired) electrons. The van der Waals surface area contributed by atoms with Gasteiger partial charge in [-0.1, -0.05) is 6.58 Å². The molecule has 0 aromatic heterocycles. The Morgan fingerprint density at radius 3 is 3.08 bits per heavy atom. The summed E-state index contributed by atoms with van der Waals surface area (Å²) >= 11 is 0. The molecule has 4 heteroatoms. The third kappa shape index (κ3) is 2.82. The minimum atomic E-state index is -0.298. The average molecular weight is 185 g/mol. The van der Waals surface area contributed by atoms with Gasteiger partial charge in [0.25, 0.3) is 0 Å². The van der Waals surface area contributed by atoms with Crippen LogP contribution < -0.4 is 5.32 Å². The molecule has 0 aromatic rings. The molecule has 1 aliphatic rings. The third-order valence-corrected chi connectivity index (χ3v) is 2.12. The summed E-state index contributed by atoms with van der Waals surface area (Å²) in [5.41, 5.74) is 0. The Balaban J connectivity index is 2.41. The Labute approximate surface area is 77.6 Å². The van der Waals surface area contributed by atoms with Crippen molar-refractivity contribution in [2.24, 2.45) is 0 Å². The summed E-state index contributed by atoms with van der Waals surface area (Å²) in [6.07, 6.45) is 3.03. The molecule has 4 nitrogen and oxygen atoms in total. The Kier molecular flexibility index (Phi) is 3.92. The zero-order valence-corrected chi connectivity index (χ0v) is 7.53. The fourth-order valence-corrected chi connectivity index (χ4v) is 1.42. The lowest BCUT2D eigenvalue weighted by molar-refractivity contribution is -0.118. The van der Waals surface area contributed by atoms with Gasteiger partial charge in [0.1, 0.15) is 0 Å². The van der Waals surface area contributed by atoms with Crippen LogP contribution in [0.2, 0.25) is 0 Å². The zero-order valence-electron chi connectivity index (χ0n) is 7.53. The number of nitrogens with one attached hydrogen (secondary N) is 1. The number of carbonyl (C=O) groups excluding carboxylic acids is 1. The Morgan fingerprint density at radius 1 is 1.85 bits per heavy atom. The van der Waals surface area contributed by atoms with Gasteiger partial charge in [0.15, 0.2) is 0 Å². The van der Waals surface area contributed by atoms with Crippen LogP contribution in [-0.4, -0.2) is 36.4 Å². The van der Waals surface area contributed by atoms with Crippen molar-refractivity contribution >= 4 is 5.91 Å². The highest BCUT2D eigenvalue weighted by Gasteiger charge is 2.25. The van der Waals surface area contributed by atoms with Gasteiger partial charge >= 0.3 is 0 Å². The summed E-state index contributed by atoms with van der Waals surface area (Å²) in [7, 11) is 0. The quantitative estimate of drug-likeness (QED) is 0.598. The zero-order chi connectivity index (χ0) is 9.68. The molecule has 1 heterocycles. The molecule has 1 rings (SSSR count). The Hall–Kier alpha value is -0.870. The standard InChI is InChI=1S/C9H15NO3/c1-2-9(12)10-7(6-11)8-4-3-5-13-8/h2,7-8,11H,1,3-6H2,(H,10,12)/t7-,8-/m1/s1. The number of aliphatic hydroxyl groups excluding tert-OH is 1. The Bertz CT molecular complexity index is 187. The van der Waals surface area contributed by atoms with Crippen LogP contribution in [0.25, 0.3) is 0 Å². The number of hydrogen-bond acceptors (Lipinski definition) is 3. The van der Waals surface area contributed by atoms with Crippen LogP contribution in [0, 0.1) is 0 Å². The van der Waals surface area contributed by atoms with Gasteiger partial charge in [-0.15, -0.1) is 0 Å². The van der Waals surface area contributed by atoms with Gasteiger partial charge in [-0.2, -0.15) is 0 Å². The molecule has 0 aliphatic carbocycles. The number of rotatable bonds is 4. The van der Waals surface area contributed by atoms with E-state index >= 15 is 0 Å². The molecule has 2 atom stereocenters. The second-order valence-corrected chi connectivity index (χ2v) is 3.05. The number of carbonyl (C=O) groups is 1. The van der Waals surface area contributed by atoms with E-state index in [2.05, 4.69) is 11.9 Å². The lowest BCUT2D eigenvalue weighted by Crippen LogP contribution is -2.44. The van der Waals surface area contributed by atoms with E-state index in [1.165, 1.54) is 6.08 Å². The van der Waals surface area contributed by atoms with Crippen molar-refractivity contribution in [2.75, 3.05) is 13.2 Å². The summed E-state index contributed by atoms with van der Waals surface area (Å²) in [6, 6.07) is -0.298. The first-order valence-electron chi connectivity index (χ1n) is 4.43. The fraction of sp³-hybridized carbons (Fsp3) is 0.667. The normalized spacial score (nSPS) is 23.9. The van der Waals surface area contributed by atoms with Gasteiger partial charge in [0, 0.05) is 6.61 Å². The maximum absolute atomic E-state index is 10.9. The van der Waals surface area contributed by atoms with Crippen molar-refractivity contribution in [2.45, 2.75) is 25.0 Å². The SMILES string of the molecule is C=CC(=O)N[C@H](CO)[C@H]1CCCO1. The second-order valence-electron chi connectivity index (χ2n) is 3.05. The van der Waals surface area contributed by atoms with Crippen LogP contribution in [0.4, 0.5) is 0 Å². The molecule has 1 fully saturated rings. The van der Waals surface area contributed by atoms with Crippen LogP contribution in [0.5, 0.6) is 0 Å². The van der Waals surface area contributed by atoms with Gasteiger partial charge in [-0.05, 0) is 18.9 Å². The van der Waals surface area contributed by atoms with E-state index in [0.29, 0.717) is 6.61 Å². The first-order valence-corrected chi connectivity index (χ1v) is 4.43. The van der Waals surface area contributed by atoms with Crippen LogP contribution in [0.3, 0.4) is 0 Å². The predicted octanol–water partition coefficient (Wildman–Crippen LogP) is -0.172. The van der Waals surface area contributed by atoms with E-state index < -0.39 is 0 Å². The topological polar surface area (TPSA) is 58.6 Å². The van der Waals surface area contributed by atoms with E-state index in [1.807, 2.05) is 0 Å². The molecule has 0 aromatic carbocycles. The van der Waals surface area contributed by atoms with Crippen molar-refractivity contribution in [1.29, 1.82) is 0 Å². The fourth-order valence-electron chi connectivity index (χ4n) is 1.42. The summed E-state index contributed by atoms with van der Waals surface area (Å²) < 4.78 is 5.34. The van der Waals surface area contributed by atoms with Gasteiger partial charge in [-0.25, -0.2) is 0 Å². The van der Waals surface area contributed by atoms with Gasteiger partial charge in [0.05, 0.1) is 18.8 Å². The molecule has 0 spiro atoms. The van der Waals surface area contributed by atoms with Crippen molar-refractivity contribution < 1.29 is 14.6 Å². The smallest absolute Gasteiger partial charge is 0.243 e. The van der Waals surface area contributed by atoms with Crippen molar-refractivity contribution in [3.8, 4) is 0 Å². The summed E-state index contributed by atoms with van der Waals surface area (Å²) in [6.45, 7) is 3.96. The van der Waals surface area contributed by atoms with Crippen molar-refractivity contribution in [3.05, 3.63) is 12.7 Å². The van der Waals surface area contributed by atoms with E-state index in [0.717, 1.165) is 12.8 Å². The van der Waals surface area contributed by atoms with E-state index in [9.17, 15) is 4.79 Å². The van der Waals surface area contributed by atoms with Gasteiger partial charge in [0.2, 0.25) is 5.91 Å². The maximum atomic E-state index is 10.9.